The van der Waals surface area contributed by atoms with Gasteiger partial charge in [-0.1, -0.05) is 25.1 Å². The highest BCUT2D eigenvalue weighted by molar-refractivity contribution is 8.01. The number of thioether (sulfide) groups is 1. The molecule has 6 nitrogen and oxygen atoms in total. The zero-order chi connectivity index (χ0) is 21.5. The lowest BCUT2D eigenvalue weighted by Gasteiger charge is -2.34. The molecule has 1 aliphatic heterocycles. The van der Waals surface area contributed by atoms with E-state index in [1.807, 2.05) is 25.0 Å². The van der Waals surface area contributed by atoms with Crippen molar-refractivity contribution in [1.82, 2.24) is 20.5 Å². The Morgan fingerprint density at radius 3 is 2.55 bits per heavy atom. The number of anilines is 1. The minimum absolute atomic E-state index is 0.295. The van der Waals surface area contributed by atoms with Crippen molar-refractivity contribution in [3.05, 3.63) is 54.2 Å². The number of aliphatic imine (C=N–C) groups is 1. The first kappa shape index (κ1) is 22.0. The van der Waals surface area contributed by atoms with E-state index in [9.17, 15) is 0 Å². The van der Waals surface area contributed by atoms with Gasteiger partial charge in [-0.3, -0.25) is 4.99 Å². The molecule has 2 N–H and O–H groups in total. The van der Waals surface area contributed by atoms with Crippen molar-refractivity contribution in [2.24, 2.45) is 4.99 Å². The first-order valence-electron chi connectivity index (χ1n) is 11.3. The molecule has 7 heteroatoms. The van der Waals surface area contributed by atoms with Crippen LogP contribution in [0.25, 0.3) is 0 Å². The molecule has 1 aromatic carbocycles. The highest BCUT2D eigenvalue weighted by Gasteiger charge is 2.43. The summed E-state index contributed by atoms with van der Waals surface area (Å²) in [5.41, 5.74) is 1.23. The van der Waals surface area contributed by atoms with Crippen LogP contribution in [0.3, 0.4) is 0 Å². The molecule has 2 fully saturated rings. The highest BCUT2D eigenvalue weighted by atomic mass is 32.2. The van der Waals surface area contributed by atoms with Gasteiger partial charge < -0.3 is 20.4 Å². The minimum atomic E-state index is 0.295. The second kappa shape index (κ2) is 10.4. The Labute approximate surface area is 190 Å². The smallest absolute Gasteiger partial charge is 0.191 e. The Hall–Kier alpha value is -2.25. The van der Waals surface area contributed by atoms with Crippen molar-refractivity contribution < 1.29 is 0 Å². The predicted molar refractivity (Wildman–Crippen MR) is 131 cm³/mol. The van der Waals surface area contributed by atoms with Crippen LogP contribution in [-0.2, 0) is 6.54 Å². The fourth-order valence-corrected chi connectivity index (χ4v) is 5.12. The van der Waals surface area contributed by atoms with E-state index in [1.54, 1.807) is 0 Å². The van der Waals surface area contributed by atoms with Crippen molar-refractivity contribution in [2.45, 2.75) is 36.0 Å². The number of pyridine rings is 1. The Morgan fingerprint density at radius 1 is 1.10 bits per heavy atom. The van der Waals surface area contributed by atoms with E-state index in [0.29, 0.717) is 4.75 Å². The molecule has 4 rings (SSSR count). The number of nitrogens with zero attached hydrogens (tertiary/aromatic N) is 4. The van der Waals surface area contributed by atoms with Gasteiger partial charge in [-0.25, -0.2) is 4.98 Å². The number of likely N-dealkylation sites (N-methyl/N-ethyl adjacent to an activating group) is 1. The molecule has 2 aliphatic rings. The molecule has 1 saturated carbocycles. The lowest BCUT2D eigenvalue weighted by molar-refractivity contribution is 0.270. The maximum Gasteiger partial charge on any atom is 0.191 e. The molecule has 0 amide bonds. The average Bonchev–Trinajstić information content (AvgIpc) is 3.59. The van der Waals surface area contributed by atoms with Crippen LogP contribution < -0.4 is 15.5 Å². The van der Waals surface area contributed by atoms with E-state index in [4.69, 9.17) is 0 Å². The second-order valence-electron chi connectivity index (χ2n) is 8.32. The lowest BCUT2D eigenvalue weighted by atomic mass is 10.2. The number of nitrogens with one attached hydrogen (secondary N) is 2. The molecule has 2 heterocycles. The largest absolute Gasteiger partial charge is 0.355 e. The molecule has 0 bridgehead atoms. The SMILES string of the molecule is CCN1CCN(c2cc(CNC(=NC)NCC3(Sc4ccccc4)CC3)ccn2)CC1. The summed E-state index contributed by atoms with van der Waals surface area (Å²) in [6.45, 7) is 9.33. The predicted octanol–water partition coefficient (Wildman–Crippen LogP) is 3.21. The maximum atomic E-state index is 4.61. The molecule has 31 heavy (non-hydrogen) atoms. The van der Waals surface area contributed by atoms with Crippen LogP contribution in [0, 0.1) is 0 Å². The molecule has 0 spiro atoms. The number of piperazine rings is 1. The van der Waals surface area contributed by atoms with Gasteiger partial charge in [0.1, 0.15) is 5.82 Å². The van der Waals surface area contributed by atoms with Crippen molar-refractivity contribution >= 4 is 23.5 Å². The maximum absolute atomic E-state index is 4.61. The molecule has 0 atom stereocenters. The Balaban J connectivity index is 1.26. The van der Waals surface area contributed by atoms with Gasteiger partial charge in [0.05, 0.1) is 0 Å². The summed E-state index contributed by atoms with van der Waals surface area (Å²) in [4.78, 5) is 15.3. The van der Waals surface area contributed by atoms with Gasteiger partial charge in [-0.2, -0.15) is 0 Å². The fourth-order valence-electron chi connectivity index (χ4n) is 3.88. The first-order valence-corrected chi connectivity index (χ1v) is 12.1. The Bertz CT molecular complexity index is 859. The van der Waals surface area contributed by atoms with E-state index < -0.39 is 0 Å². The third kappa shape index (κ3) is 6.14. The quantitative estimate of drug-likeness (QED) is 0.488. The van der Waals surface area contributed by atoms with Crippen LogP contribution in [0.5, 0.6) is 0 Å². The summed E-state index contributed by atoms with van der Waals surface area (Å²) < 4.78 is 0.295. The number of hydrogen-bond donors (Lipinski definition) is 2. The molecule has 0 radical (unpaired) electrons. The van der Waals surface area contributed by atoms with E-state index in [2.05, 4.69) is 79.8 Å². The topological polar surface area (TPSA) is 55.8 Å². The summed E-state index contributed by atoms with van der Waals surface area (Å²) in [5, 5.41) is 7.01. The third-order valence-electron chi connectivity index (χ3n) is 6.10. The fraction of sp³-hybridized carbons (Fsp3) is 0.500. The monoisotopic (exact) mass is 438 g/mol. The van der Waals surface area contributed by atoms with Crippen molar-refractivity contribution in [1.29, 1.82) is 0 Å². The van der Waals surface area contributed by atoms with Gasteiger partial charge in [0.15, 0.2) is 5.96 Å². The van der Waals surface area contributed by atoms with E-state index in [0.717, 1.165) is 57.6 Å². The van der Waals surface area contributed by atoms with Crippen LogP contribution in [0.1, 0.15) is 25.3 Å². The average molecular weight is 439 g/mol. The van der Waals surface area contributed by atoms with Gasteiger partial charge in [-0.15, -0.1) is 11.8 Å². The van der Waals surface area contributed by atoms with Crippen molar-refractivity contribution in [3.63, 3.8) is 0 Å². The summed E-state index contributed by atoms with van der Waals surface area (Å²) in [7, 11) is 1.84. The van der Waals surface area contributed by atoms with Gasteiger partial charge in [0.2, 0.25) is 0 Å². The van der Waals surface area contributed by atoms with Gasteiger partial charge in [-0.05, 0) is 49.2 Å². The molecule has 1 aliphatic carbocycles. The van der Waals surface area contributed by atoms with Crippen LogP contribution in [0.15, 0.2) is 58.5 Å². The van der Waals surface area contributed by atoms with Crippen LogP contribution >= 0.6 is 11.8 Å². The number of guanidine groups is 1. The molecule has 1 aromatic heterocycles. The highest BCUT2D eigenvalue weighted by Crippen LogP contribution is 2.51. The number of benzene rings is 1. The van der Waals surface area contributed by atoms with Crippen molar-refractivity contribution in [3.8, 4) is 0 Å². The second-order valence-corrected chi connectivity index (χ2v) is 9.86. The Kier molecular flexibility index (Phi) is 7.35. The first-order chi connectivity index (χ1) is 15.2. The van der Waals surface area contributed by atoms with E-state index in [1.165, 1.54) is 23.3 Å². The van der Waals surface area contributed by atoms with Gasteiger partial charge in [0.25, 0.3) is 0 Å². The summed E-state index contributed by atoms with van der Waals surface area (Å²) >= 11 is 1.98. The third-order valence-corrected chi connectivity index (χ3v) is 7.59. The van der Waals surface area contributed by atoms with Gasteiger partial charge >= 0.3 is 0 Å². The van der Waals surface area contributed by atoms with E-state index in [-0.39, 0.29) is 0 Å². The minimum Gasteiger partial charge on any atom is -0.355 e. The lowest BCUT2D eigenvalue weighted by Crippen LogP contribution is -2.46. The van der Waals surface area contributed by atoms with Crippen LogP contribution in [-0.4, -0.2) is 66.9 Å². The molecule has 1 saturated heterocycles. The molecule has 0 unspecified atom stereocenters. The normalized spacial score (nSPS) is 18.6. The van der Waals surface area contributed by atoms with Crippen molar-refractivity contribution in [2.75, 3.05) is 51.2 Å². The number of aromatic nitrogens is 1. The number of hydrogen-bond acceptors (Lipinski definition) is 5. The van der Waals surface area contributed by atoms with Gasteiger partial charge in [0, 0.05) is 62.2 Å². The molecular weight excluding hydrogens is 404 g/mol. The van der Waals surface area contributed by atoms with Crippen LogP contribution in [0.2, 0.25) is 0 Å². The standard InChI is InChI=1S/C24H34N6S/c1-3-29-13-15-30(16-14-29)22-17-20(9-12-26-22)18-27-23(25-2)28-19-24(10-11-24)31-21-7-5-4-6-8-21/h4-9,12,17H,3,10-11,13-16,18-19H2,1-2H3,(H2,25,27,28). The summed E-state index contributed by atoms with van der Waals surface area (Å²) in [5.74, 6) is 1.93. The van der Waals surface area contributed by atoms with E-state index >= 15 is 0 Å². The summed E-state index contributed by atoms with van der Waals surface area (Å²) in [6.07, 6.45) is 4.41. The Morgan fingerprint density at radius 2 is 1.87 bits per heavy atom. The molecular formula is C24H34N6S. The molecule has 2 aromatic rings. The zero-order valence-electron chi connectivity index (χ0n) is 18.7. The zero-order valence-corrected chi connectivity index (χ0v) is 19.5. The summed E-state index contributed by atoms with van der Waals surface area (Å²) in [6, 6.07) is 15.0. The number of rotatable bonds is 8. The molecule has 166 valence electrons. The van der Waals surface area contributed by atoms with Crippen LogP contribution in [0.4, 0.5) is 5.82 Å².